The van der Waals surface area contributed by atoms with Gasteiger partial charge >= 0.3 is 0 Å². The highest BCUT2D eigenvalue weighted by Gasteiger charge is 2.25. The van der Waals surface area contributed by atoms with Gasteiger partial charge in [-0.05, 0) is 14.0 Å². The highest BCUT2D eigenvalue weighted by Crippen LogP contribution is 2.16. The minimum absolute atomic E-state index is 0.151. The van der Waals surface area contributed by atoms with Crippen LogP contribution in [-0.4, -0.2) is 68.0 Å². The average molecular weight is 304 g/mol. The third-order valence-corrected chi connectivity index (χ3v) is 4.69. The average Bonchev–Trinajstić information content (AvgIpc) is 2.78. The van der Waals surface area contributed by atoms with Crippen LogP contribution in [0, 0.1) is 6.92 Å². The van der Waals surface area contributed by atoms with Gasteiger partial charge in [-0.1, -0.05) is 0 Å². The van der Waals surface area contributed by atoms with Crippen molar-refractivity contribution in [2.75, 3.05) is 33.3 Å². The van der Waals surface area contributed by atoms with E-state index in [-0.39, 0.29) is 24.3 Å². The van der Waals surface area contributed by atoms with E-state index in [2.05, 4.69) is 19.8 Å². The Balaban J connectivity index is 2.04. The number of aromatic nitrogens is 2. The molecule has 0 radical (unpaired) electrons. The maximum absolute atomic E-state index is 12.2. The molecule has 2 heterocycles. The second-order valence-electron chi connectivity index (χ2n) is 4.90. The van der Waals surface area contributed by atoms with Gasteiger partial charge in [0.1, 0.15) is 0 Å². The van der Waals surface area contributed by atoms with Crippen LogP contribution in [0.15, 0.2) is 5.03 Å². The number of ether oxygens (including phenoxy) is 1. The predicted octanol–water partition coefficient (Wildman–Crippen LogP) is -1.18. The molecule has 0 bridgehead atoms. The number of aryl methyl sites for hydroxylation is 1. The van der Waals surface area contributed by atoms with Crippen LogP contribution in [0.5, 0.6) is 0 Å². The topological polar surface area (TPSA) is 108 Å². The largest absolute Gasteiger partial charge is 0.392 e. The Morgan fingerprint density at radius 3 is 3.00 bits per heavy atom. The van der Waals surface area contributed by atoms with Crippen LogP contribution in [0.1, 0.15) is 11.3 Å². The van der Waals surface area contributed by atoms with E-state index in [1.165, 1.54) is 0 Å². The molecule has 3 N–H and O–H groups in total. The molecule has 8 nitrogen and oxygen atoms in total. The lowest BCUT2D eigenvalue weighted by Gasteiger charge is -2.29. The summed E-state index contributed by atoms with van der Waals surface area (Å²) in [5.74, 6) is 0. The molecule has 1 atom stereocenters. The molecule has 2 rings (SSSR count). The van der Waals surface area contributed by atoms with Gasteiger partial charge < -0.3 is 14.7 Å². The fourth-order valence-corrected chi connectivity index (χ4v) is 3.35. The Hall–Kier alpha value is -1.00. The normalized spacial score (nSPS) is 21.2. The number of hydrogen-bond acceptors (Lipinski definition) is 6. The maximum Gasteiger partial charge on any atom is 0.260 e. The zero-order valence-electron chi connectivity index (χ0n) is 11.6. The van der Waals surface area contributed by atoms with Crippen molar-refractivity contribution in [1.29, 1.82) is 0 Å². The van der Waals surface area contributed by atoms with E-state index in [1.807, 2.05) is 7.05 Å². The first-order valence-electron chi connectivity index (χ1n) is 6.38. The second kappa shape index (κ2) is 6.19. The van der Waals surface area contributed by atoms with E-state index < -0.39 is 10.0 Å². The van der Waals surface area contributed by atoms with Crippen molar-refractivity contribution in [2.45, 2.75) is 24.7 Å². The Morgan fingerprint density at radius 1 is 1.60 bits per heavy atom. The number of rotatable bonds is 5. The summed E-state index contributed by atoms with van der Waals surface area (Å²) in [6.45, 7) is 3.58. The zero-order chi connectivity index (χ0) is 14.8. The first kappa shape index (κ1) is 15.4. The van der Waals surface area contributed by atoms with Crippen molar-refractivity contribution in [2.24, 2.45) is 0 Å². The number of hydrogen-bond donors (Lipinski definition) is 3. The lowest BCUT2D eigenvalue weighted by atomic mass is 10.3. The first-order chi connectivity index (χ1) is 9.44. The summed E-state index contributed by atoms with van der Waals surface area (Å²) < 4.78 is 32.3. The summed E-state index contributed by atoms with van der Waals surface area (Å²) in [6.07, 6.45) is -0.179. The van der Waals surface area contributed by atoms with Crippen molar-refractivity contribution >= 4 is 10.0 Å². The molecule has 1 aliphatic heterocycles. The lowest BCUT2D eigenvalue weighted by molar-refractivity contribution is -0.0156. The molecule has 1 unspecified atom stereocenters. The maximum atomic E-state index is 12.2. The molecule has 114 valence electrons. The Labute approximate surface area is 118 Å². The van der Waals surface area contributed by atoms with Gasteiger partial charge in [-0.15, -0.1) is 0 Å². The highest BCUT2D eigenvalue weighted by atomic mass is 32.2. The van der Waals surface area contributed by atoms with Crippen molar-refractivity contribution in [3.05, 3.63) is 11.3 Å². The summed E-state index contributed by atoms with van der Waals surface area (Å²) in [5, 5.41) is 15.4. The summed E-state index contributed by atoms with van der Waals surface area (Å²) in [7, 11) is -1.79. The number of morpholine rings is 1. The highest BCUT2D eigenvalue weighted by molar-refractivity contribution is 7.89. The number of nitrogens with zero attached hydrogens (tertiary/aromatic N) is 2. The number of sulfonamides is 1. The smallest absolute Gasteiger partial charge is 0.260 e. The van der Waals surface area contributed by atoms with Gasteiger partial charge in [0.2, 0.25) is 0 Å². The molecule has 0 amide bonds. The molecule has 1 aliphatic rings. The van der Waals surface area contributed by atoms with Gasteiger partial charge in [-0.2, -0.15) is 5.10 Å². The van der Waals surface area contributed by atoms with Gasteiger partial charge in [0.25, 0.3) is 10.0 Å². The quantitative estimate of drug-likeness (QED) is 0.632. The van der Waals surface area contributed by atoms with E-state index in [1.54, 1.807) is 6.92 Å². The van der Waals surface area contributed by atoms with Gasteiger partial charge in [0.05, 0.1) is 19.3 Å². The summed E-state index contributed by atoms with van der Waals surface area (Å²) in [6, 6.07) is 0. The molecule has 1 fully saturated rings. The fraction of sp³-hybridized carbons (Fsp3) is 0.727. The van der Waals surface area contributed by atoms with Crippen LogP contribution >= 0.6 is 0 Å². The molecule has 0 aromatic carbocycles. The number of aliphatic hydroxyl groups is 1. The van der Waals surface area contributed by atoms with E-state index in [0.29, 0.717) is 24.4 Å². The fourth-order valence-electron chi connectivity index (χ4n) is 2.10. The Kier molecular flexibility index (Phi) is 4.76. The molecule has 9 heteroatoms. The monoisotopic (exact) mass is 304 g/mol. The van der Waals surface area contributed by atoms with Crippen molar-refractivity contribution in [1.82, 2.24) is 19.8 Å². The van der Waals surface area contributed by atoms with Crippen LogP contribution in [0.4, 0.5) is 0 Å². The van der Waals surface area contributed by atoms with Crippen LogP contribution in [0.25, 0.3) is 0 Å². The van der Waals surface area contributed by atoms with Crippen molar-refractivity contribution in [3.63, 3.8) is 0 Å². The standard InChI is InChI=1S/C11H20N4O4S/c1-8-10(7-16)11(14-13-8)20(17,18)12-5-9-6-15(2)3-4-19-9/h9,12,16H,3-7H2,1-2H3,(H,13,14). The van der Waals surface area contributed by atoms with Crippen LogP contribution in [0.2, 0.25) is 0 Å². The van der Waals surface area contributed by atoms with E-state index in [9.17, 15) is 13.5 Å². The van der Waals surface area contributed by atoms with Crippen LogP contribution in [0.3, 0.4) is 0 Å². The molecule has 1 aromatic heterocycles. The first-order valence-corrected chi connectivity index (χ1v) is 7.87. The second-order valence-corrected chi connectivity index (χ2v) is 6.58. The molecule has 0 aliphatic carbocycles. The van der Waals surface area contributed by atoms with E-state index >= 15 is 0 Å². The third kappa shape index (κ3) is 3.36. The van der Waals surface area contributed by atoms with Crippen molar-refractivity contribution < 1.29 is 18.3 Å². The van der Waals surface area contributed by atoms with E-state index in [0.717, 1.165) is 6.54 Å². The molecule has 20 heavy (non-hydrogen) atoms. The minimum Gasteiger partial charge on any atom is -0.392 e. The summed E-state index contributed by atoms with van der Waals surface area (Å²) in [5.41, 5.74) is 0.834. The summed E-state index contributed by atoms with van der Waals surface area (Å²) in [4.78, 5) is 2.08. The third-order valence-electron chi connectivity index (χ3n) is 3.29. The molecule has 1 aromatic rings. The lowest BCUT2D eigenvalue weighted by Crippen LogP contribution is -2.46. The van der Waals surface area contributed by atoms with Crippen LogP contribution < -0.4 is 4.72 Å². The van der Waals surface area contributed by atoms with E-state index in [4.69, 9.17) is 4.74 Å². The molecule has 1 saturated heterocycles. The Bertz CT molecular complexity index is 557. The predicted molar refractivity (Wildman–Crippen MR) is 71.7 cm³/mol. The zero-order valence-corrected chi connectivity index (χ0v) is 12.4. The minimum atomic E-state index is -3.75. The van der Waals surface area contributed by atoms with Gasteiger partial charge in [0, 0.05) is 30.9 Å². The molecule has 0 spiro atoms. The molecular weight excluding hydrogens is 284 g/mol. The van der Waals surface area contributed by atoms with Crippen molar-refractivity contribution in [3.8, 4) is 0 Å². The number of aliphatic hydroxyl groups excluding tert-OH is 1. The number of H-pyrrole nitrogens is 1. The molecule has 0 saturated carbocycles. The SMILES string of the molecule is Cc1[nH]nc(S(=O)(=O)NCC2CN(C)CCO2)c1CO. The van der Waals surface area contributed by atoms with Gasteiger partial charge in [-0.3, -0.25) is 5.10 Å². The van der Waals surface area contributed by atoms with Crippen LogP contribution in [-0.2, 0) is 21.4 Å². The number of nitrogens with one attached hydrogen (secondary N) is 2. The van der Waals surface area contributed by atoms with Gasteiger partial charge in [-0.25, -0.2) is 13.1 Å². The van der Waals surface area contributed by atoms with Gasteiger partial charge in [0.15, 0.2) is 5.03 Å². The number of likely N-dealkylation sites (N-methyl/N-ethyl adjacent to an activating group) is 1. The number of aromatic amines is 1. The summed E-state index contributed by atoms with van der Waals surface area (Å²) >= 11 is 0. The Morgan fingerprint density at radius 2 is 2.35 bits per heavy atom. The molecular formula is C11H20N4O4S.